The van der Waals surface area contributed by atoms with Gasteiger partial charge in [-0.25, -0.2) is 12.8 Å². The van der Waals surface area contributed by atoms with Crippen LogP contribution in [0.5, 0.6) is 0 Å². The van der Waals surface area contributed by atoms with Crippen LogP contribution in [0.25, 0.3) is 11.3 Å². The Morgan fingerprint density at radius 2 is 1.94 bits per heavy atom. The second kappa shape index (κ2) is 4.33. The second-order valence-electron chi connectivity index (χ2n) is 3.60. The maximum atomic E-state index is 13.6. The summed E-state index contributed by atoms with van der Waals surface area (Å²) < 4.78 is 37.3. The Hall–Kier alpha value is -1.62. The predicted molar refractivity (Wildman–Crippen MR) is 63.9 cm³/mol. The summed E-state index contributed by atoms with van der Waals surface area (Å²) >= 11 is 0. The lowest BCUT2D eigenvalue weighted by Gasteiger charge is -2.05. The summed E-state index contributed by atoms with van der Waals surface area (Å²) in [4.78, 5) is 2.93. The Labute approximate surface area is 99.2 Å². The first-order chi connectivity index (χ1) is 8.06. The zero-order chi connectivity index (χ0) is 12.5. The number of H-pyrrole nitrogens is 1. The molecule has 1 N–H and O–H groups in total. The van der Waals surface area contributed by atoms with Crippen molar-refractivity contribution >= 4 is 9.84 Å². The van der Waals surface area contributed by atoms with E-state index in [0.29, 0.717) is 5.69 Å². The summed E-state index contributed by atoms with van der Waals surface area (Å²) in [6.07, 6.45) is 1.50. The first-order valence-corrected chi connectivity index (χ1v) is 6.86. The molecule has 0 amide bonds. The number of aromatic nitrogens is 1. The van der Waals surface area contributed by atoms with Crippen molar-refractivity contribution in [1.29, 1.82) is 0 Å². The van der Waals surface area contributed by atoms with Gasteiger partial charge in [0, 0.05) is 11.8 Å². The summed E-state index contributed by atoms with van der Waals surface area (Å²) in [6, 6.07) is 7.55. The van der Waals surface area contributed by atoms with Crippen LogP contribution in [0, 0.1) is 5.82 Å². The molecule has 0 radical (unpaired) electrons. The maximum absolute atomic E-state index is 13.6. The van der Waals surface area contributed by atoms with Crippen LogP contribution < -0.4 is 0 Å². The molecular weight excluding hydrogens is 241 g/mol. The highest BCUT2D eigenvalue weighted by atomic mass is 32.2. The summed E-state index contributed by atoms with van der Waals surface area (Å²) in [5, 5.41) is 0. The fourth-order valence-corrected chi connectivity index (χ4v) is 2.71. The van der Waals surface area contributed by atoms with E-state index in [-0.39, 0.29) is 16.2 Å². The number of nitrogens with one attached hydrogen (secondary N) is 1. The summed E-state index contributed by atoms with van der Waals surface area (Å²) in [5.74, 6) is -0.450. The van der Waals surface area contributed by atoms with Gasteiger partial charge >= 0.3 is 0 Å². The average Bonchev–Trinajstić information content (AvgIpc) is 2.79. The SMILES string of the molecule is CCS(=O)(=O)c1cc[nH]c1-c1ccccc1F. The first kappa shape index (κ1) is 11.9. The van der Waals surface area contributed by atoms with Crippen LogP contribution in [0.4, 0.5) is 4.39 Å². The van der Waals surface area contributed by atoms with Crippen LogP contribution in [0.3, 0.4) is 0 Å². The zero-order valence-electron chi connectivity index (χ0n) is 9.27. The monoisotopic (exact) mass is 253 g/mol. The highest BCUT2D eigenvalue weighted by Gasteiger charge is 2.20. The van der Waals surface area contributed by atoms with Gasteiger partial charge in [0.05, 0.1) is 16.3 Å². The Kier molecular flexibility index (Phi) is 3.02. The van der Waals surface area contributed by atoms with E-state index >= 15 is 0 Å². The standard InChI is InChI=1S/C12H12FNO2S/c1-2-17(15,16)11-7-8-14-12(11)9-5-3-4-6-10(9)13/h3-8,14H,2H2,1H3. The topological polar surface area (TPSA) is 49.9 Å². The summed E-state index contributed by atoms with van der Waals surface area (Å²) in [6.45, 7) is 1.56. The Balaban J connectivity index is 2.64. The van der Waals surface area contributed by atoms with Crippen molar-refractivity contribution in [3.8, 4) is 11.3 Å². The molecule has 0 spiro atoms. The van der Waals surface area contributed by atoms with Crippen molar-refractivity contribution in [3.05, 3.63) is 42.3 Å². The lowest BCUT2D eigenvalue weighted by molar-refractivity contribution is 0.597. The molecule has 0 unspecified atom stereocenters. The Bertz CT molecular complexity index is 631. The van der Waals surface area contributed by atoms with Gasteiger partial charge in [-0.2, -0.15) is 0 Å². The Morgan fingerprint density at radius 1 is 1.24 bits per heavy atom. The minimum atomic E-state index is -3.35. The van der Waals surface area contributed by atoms with Gasteiger partial charge in [0.2, 0.25) is 0 Å². The van der Waals surface area contributed by atoms with E-state index in [1.807, 2.05) is 0 Å². The normalized spacial score (nSPS) is 11.6. The van der Waals surface area contributed by atoms with E-state index in [0.717, 1.165) is 0 Å². The average molecular weight is 253 g/mol. The molecule has 5 heteroatoms. The maximum Gasteiger partial charge on any atom is 0.180 e. The molecule has 0 aliphatic rings. The predicted octanol–water partition coefficient (Wildman–Crippen LogP) is 2.61. The van der Waals surface area contributed by atoms with Gasteiger partial charge in [0.1, 0.15) is 5.82 Å². The van der Waals surface area contributed by atoms with Crippen molar-refractivity contribution in [2.45, 2.75) is 11.8 Å². The number of aromatic amines is 1. The number of hydrogen-bond donors (Lipinski definition) is 1. The molecular formula is C12H12FNO2S. The van der Waals surface area contributed by atoms with Crippen molar-refractivity contribution in [2.24, 2.45) is 0 Å². The molecule has 0 saturated carbocycles. The summed E-state index contributed by atoms with van der Waals surface area (Å²) in [5.41, 5.74) is 0.578. The number of rotatable bonds is 3. The van der Waals surface area contributed by atoms with E-state index in [1.165, 1.54) is 18.3 Å². The van der Waals surface area contributed by atoms with Gasteiger partial charge < -0.3 is 4.98 Å². The molecule has 0 atom stereocenters. The van der Waals surface area contributed by atoms with E-state index in [1.54, 1.807) is 25.1 Å². The highest BCUT2D eigenvalue weighted by molar-refractivity contribution is 7.91. The number of halogens is 1. The zero-order valence-corrected chi connectivity index (χ0v) is 10.1. The molecule has 0 bridgehead atoms. The third kappa shape index (κ3) is 2.10. The minimum absolute atomic E-state index is 0.00763. The fraction of sp³-hybridized carbons (Fsp3) is 0.167. The van der Waals surface area contributed by atoms with Crippen molar-refractivity contribution in [2.75, 3.05) is 5.75 Å². The van der Waals surface area contributed by atoms with Crippen LogP contribution in [0.1, 0.15) is 6.92 Å². The first-order valence-electron chi connectivity index (χ1n) is 5.21. The van der Waals surface area contributed by atoms with Crippen molar-refractivity contribution in [3.63, 3.8) is 0 Å². The van der Waals surface area contributed by atoms with Gasteiger partial charge in [-0.1, -0.05) is 19.1 Å². The van der Waals surface area contributed by atoms with Crippen molar-refractivity contribution < 1.29 is 12.8 Å². The van der Waals surface area contributed by atoms with Gasteiger partial charge in [-0.15, -0.1) is 0 Å². The third-order valence-electron chi connectivity index (χ3n) is 2.57. The lowest BCUT2D eigenvalue weighted by atomic mass is 10.1. The largest absolute Gasteiger partial charge is 0.360 e. The van der Waals surface area contributed by atoms with E-state index in [2.05, 4.69) is 4.98 Å². The third-order valence-corrected chi connectivity index (χ3v) is 4.34. The van der Waals surface area contributed by atoms with Crippen molar-refractivity contribution in [1.82, 2.24) is 4.98 Å². The van der Waals surface area contributed by atoms with E-state index in [9.17, 15) is 12.8 Å². The van der Waals surface area contributed by atoms with Crippen LogP contribution in [-0.4, -0.2) is 19.2 Å². The molecule has 90 valence electrons. The number of hydrogen-bond acceptors (Lipinski definition) is 2. The van der Waals surface area contributed by atoms with E-state index in [4.69, 9.17) is 0 Å². The molecule has 17 heavy (non-hydrogen) atoms. The molecule has 2 rings (SSSR count). The van der Waals surface area contributed by atoms with Crippen LogP contribution in [0.15, 0.2) is 41.4 Å². The van der Waals surface area contributed by atoms with Crippen LogP contribution in [0.2, 0.25) is 0 Å². The Morgan fingerprint density at radius 3 is 2.59 bits per heavy atom. The molecule has 1 aromatic heterocycles. The molecule has 0 saturated heterocycles. The van der Waals surface area contributed by atoms with Crippen LogP contribution >= 0.6 is 0 Å². The minimum Gasteiger partial charge on any atom is -0.360 e. The number of sulfone groups is 1. The molecule has 2 aromatic rings. The smallest absolute Gasteiger partial charge is 0.180 e. The molecule has 0 fully saturated rings. The molecule has 0 aliphatic carbocycles. The van der Waals surface area contributed by atoms with E-state index < -0.39 is 15.7 Å². The van der Waals surface area contributed by atoms with Gasteiger partial charge in [-0.3, -0.25) is 0 Å². The molecule has 1 heterocycles. The van der Waals surface area contributed by atoms with Gasteiger partial charge in [0.25, 0.3) is 0 Å². The molecule has 1 aromatic carbocycles. The van der Waals surface area contributed by atoms with Crippen LogP contribution in [-0.2, 0) is 9.84 Å². The van der Waals surface area contributed by atoms with Gasteiger partial charge in [0.15, 0.2) is 9.84 Å². The number of benzene rings is 1. The quantitative estimate of drug-likeness (QED) is 0.914. The second-order valence-corrected chi connectivity index (χ2v) is 5.85. The molecule has 0 aliphatic heterocycles. The van der Waals surface area contributed by atoms with Gasteiger partial charge in [-0.05, 0) is 18.2 Å². The highest BCUT2D eigenvalue weighted by Crippen LogP contribution is 2.28. The lowest BCUT2D eigenvalue weighted by Crippen LogP contribution is -2.04. The fourth-order valence-electron chi connectivity index (χ4n) is 1.64. The molecule has 3 nitrogen and oxygen atoms in total. The summed E-state index contributed by atoms with van der Waals surface area (Å²) in [7, 11) is -3.35.